The van der Waals surface area contributed by atoms with Crippen LogP contribution in [0.25, 0.3) is 0 Å². The lowest BCUT2D eigenvalue weighted by Gasteiger charge is -2.30. The van der Waals surface area contributed by atoms with E-state index in [0.29, 0.717) is 24.7 Å². The van der Waals surface area contributed by atoms with Gasteiger partial charge >= 0.3 is 11.9 Å². The minimum absolute atomic E-state index is 0. The molecule has 8 heteroatoms. The number of nitrogens with two attached hydrogens (primary N) is 2. The summed E-state index contributed by atoms with van der Waals surface area (Å²) in [5.41, 5.74) is 10.9. The van der Waals surface area contributed by atoms with E-state index in [0.717, 1.165) is 25.7 Å². The van der Waals surface area contributed by atoms with Crippen molar-refractivity contribution >= 4 is 36.8 Å². The number of carboxylic acid groups (broad SMARTS) is 2. The average molecular weight is 331 g/mol. The number of hydrogen-bond donors (Lipinski definition) is 4. The summed E-state index contributed by atoms with van der Waals surface area (Å²) in [6.07, 6.45) is 4.18. The van der Waals surface area contributed by atoms with Gasteiger partial charge in [0.05, 0.1) is 0 Å². The van der Waals surface area contributed by atoms with E-state index in [1.807, 2.05) is 0 Å². The second-order valence-electron chi connectivity index (χ2n) is 5.39. The summed E-state index contributed by atoms with van der Waals surface area (Å²) < 4.78 is 0. The van der Waals surface area contributed by atoms with Crippen LogP contribution in [0.1, 0.15) is 38.5 Å². The molecule has 0 aliphatic heterocycles. The van der Waals surface area contributed by atoms with Crippen molar-refractivity contribution in [3.05, 3.63) is 0 Å². The normalized spacial score (nSPS) is 30.1. The monoisotopic (exact) mass is 330 g/mol. The highest BCUT2D eigenvalue weighted by molar-refractivity contribution is 5.85. The van der Waals surface area contributed by atoms with Crippen molar-refractivity contribution in [3.8, 4) is 0 Å². The topological polar surface area (TPSA) is 127 Å². The molecule has 6 nitrogen and oxygen atoms in total. The molecule has 0 aromatic rings. The van der Waals surface area contributed by atoms with Crippen LogP contribution >= 0.6 is 24.8 Å². The molecule has 2 aliphatic carbocycles. The van der Waals surface area contributed by atoms with Gasteiger partial charge in [-0.2, -0.15) is 0 Å². The molecular weight excluding hydrogens is 307 g/mol. The number of aliphatic carboxylic acids is 2. The fourth-order valence-electron chi connectivity index (χ4n) is 2.40. The molecule has 0 aromatic heterocycles. The van der Waals surface area contributed by atoms with Crippen LogP contribution in [0, 0.1) is 11.8 Å². The Kier molecular flexibility index (Phi) is 11.1. The van der Waals surface area contributed by atoms with Crippen molar-refractivity contribution in [2.24, 2.45) is 23.3 Å². The zero-order valence-corrected chi connectivity index (χ0v) is 12.9. The van der Waals surface area contributed by atoms with Crippen LogP contribution < -0.4 is 11.5 Å². The van der Waals surface area contributed by atoms with E-state index in [1.54, 1.807) is 0 Å². The van der Waals surface area contributed by atoms with Gasteiger partial charge in [0.15, 0.2) is 0 Å². The molecule has 0 atom stereocenters. The Hall–Kier alpha value is -0.560. The van der Waals surface area contributed by atoms with Gasteiger partial charge in [-0.1, -0.05) is 0 Å². The first-order valence-corrected chi connectivity index (χ1v) is 6.31. The molecule has 120 valence electrons. The van der Waals surface area contributed by atoms with Crippen LogP contribution in [0.3, 0.4) is 0 Å². The Bertz CT molecular complexity index is 276. The maximum Gasteiger partial charge on any atom is 0.303 e. The summed E-state index contributed by atoms with van der Waals surface area (Å²) >= 11 is 0. The standard InChI is InChI=1S/2C6H11NO2.2ClH/c2*7-5-1-4(2-5)3-6(8)9;;/h2*4-5H,1-3,7H2,(H,8,9);2*1H. The smallest absolute Gasteiger partial charge is 0.303 e. The third-order valence-electron chi connectivity index (χ3n) is 3.47. The fourth-order valence-corrected chi connectivity index (χ4v) is 2.40. The largest absolute Gasteiger partial charge is 0.481 e. The molecular formula is C12H24Cl2N2O4. The Labute approximate surface area is 131 Å². The van der Waals surface area contributed by atoms with E-state index in [9.17, 15) is 9.59 Å². The zero-order valence-electron chi connectivity index (χ0n) is 11.2. The molecule has 0 heterocycles. The summed E-state index contributed by atoms with van der Waals surface area (Å²) in [5.74, 6) is -0.686. The van der Waals surface area contributed by atoms with Gasteiger partial charge in [0.1, 0.15) is 0 Å². The predicted octanol–water partition coefficient (Wildman–Crippen LogP) is 1.24. The second-order valence-corrected chi connectivity index (χ2v) is 5.39. The van der Waals surface area contributed by atoms with Gasteiger partial charge in [-0.15, -0.1) is 24.8 Å². The van der Waals surface area contributed by atoms with E-state index in [2.05, 4.69) is 0 Å². The summed E-state index contributed by atoms with van der Waals surface area (Å²) in [5, 5.41) is 16.6. The molecule has 0 unspecified atom stereocenters. The quantitative estimate of drug-likeness (QED) is 0.614. The van der Waals surface area contributed by atoms with Crippen LogP contribution in [-0.4, -0.2) is 34.2 Å². The first kappa shape index (κ1) is 21.7. The Morgan fingerprint density at radius 3 is 1.20 bits per heavy atom. The summed E-state index contributed by atoms with van der Waals surface area (Å²) in [6, 6.07) is 0.545. The van der Waals surface area contributed by atoms with Gasteiger partial charge in [0, 0.05) is 24.9 Å². The number of rotatable bonds is 4. The summed E-state index contributed by atoms with van der Waals surface area (Å²) in [4.78, 5) is 20.1. The van der Waals surface area contributed by atoms with Crippen molar-refractivity contribution in [3.63, 3.8) is 0 Å². The Balaban J connectivity index is 0. The Morgan fingerprint density at radius 1 is 0.800 bits per heavy atom. The molecule has 0 radical (unpaired) electrons. The van der Waals surface area contributed by atoms with Gasteiger partial charge in [-0.05, 0) is 37.5 Å². The van der Waals surface area contributed by atoms with E-state index >= 15 is 0 Å². The minimum Gasteiger partial charge on any atom is -0.481 e. The van der Waals surface area contributed by atoms with E-state index in [1.165, 1.54) is 0 Å². The van der Waals surface area contributed by atoms with Crippen LogP contribution in [0.5, 0.6) is 0 Å². The van der Waals surface area contributed by atoms with Gasteiger partial charge in [-0.3, -0.25) is 9.59 Å². The maximum absolute atomic E-state index is 10.1. The van der Waals surface area contributed by atoms with Crippen LogP contribution in [0.15, 0.2) is 0 Å². The number of carbonyl (C=O) groups is 2. The number of carboxylic acids is 2. The van der Waals surface area contributed by atoms with Crippen molar-refractivity contribution in [2.75, 3.05) is 0 Å². The van der Waals surface area contributed by atoms with Gasteiger partial charge in [-0.25, -0.2) is 0 Å². The van der Waals surface area contributed by atoms with E-state index in [4.69, 9.17) is 21.7 Å². The van der Waals surface area contributed by atoms with E-state index in [-0.39, 0.29) is 36.9 Å². The third-order valence-corrected chi connectivity index (χ3v) is 3.47. The van der Waals surface area contributed by atoms with Crippen molar-refractivity contribution in [2.45, 2.75) is 50.6 Å². The lowest BCUT2D eigenvalue weighted by molar-refractivity contribution is -0.139. The third kappa shape index (κ3) is 8.58. The lowest BCUT2D eigenvalue weighted by atomic mass is 9.79. The fraction of sp³-hybridized carbons (Fsp3) is 0.833. The summed E-state index contributed by atoms with van der Waals surface area (Å²) in [7, 11) is 0. The molecule has 20 heavy (non-hydrogen) atoms. The van der Waals surface area contributed by atoms with Crippen molar-refractivity contribution < 1.29 is 19.8 Å². The highest BCUT2D eigenvalue weighted by Crippen LogP contribution is 2.28. The zero-order chi connectivity index (χ0) is 13.7. The molecule has 0 spiro atoms. The van der Waals surface area contributed by atoms with E-state index < -0.39 is 11.9 Å². The second kappa shape index (κ2) is 10.2. The van der Waals surface area contributed by atoms with Gasteiger partial charge in [0.2, 0.25) is 0 Å². The molecule has 0 aromatic carbocycles. The number of halogens is 2. The lowest BCUT2D eigenvalue weighted by Crippen LogP contribution is -2.37. The molecule has 2 saturated carbocycles. The highest BCUT2D eigenvalue weighted by atomic mass is 35.5. The average Bonchev–Trinajstić information content (AvgIpc) is 2.12. The van der Waals surface area contributed by atoms with Gasteiger partial charge < -0.3 is 21.7 Å². The molecule has 2 aliphatic rings. The molecule has 6 N–H and O–H groups in total. The van der Waals surface area contributed by atoms with Crippen LogP contribution in [-0.2, 0) is 9.59 Å². The van der Waals surface area contributed by atoms with Gasteiger partial charge in [0.25, 0.3) is 0 Å². The van der Waals surface area contributed by atoms with Crippen LogP contribution in [0.4, 0.5) is 0 Å². The molecule has 2 fully saturated rings. The number of hydrogen-bond acceptors (Lipinski definition) is 4. The molecule has 0 saturated heterocycles. The summed E-state index contributed by atoms with van der Waals surface area (Å²) in [6.45, 7) is 0. The minimum atomic E-state index is -0.702. The van der Waals surface area contributed by atoms with Crippen molar-refractivity contribution in [1.82, 2.24) is 0 Å². The van der Waals surface area contributed by atoms with Crippen LogP contribution in [0.2, 0.25) is 0 Å². The molecule has 0 bridgehead atoms. The SMILES string of the molecule is Cl.Cl.NC1CC(CC(=O)O)C1.NC1CC(CC(=O)O)C1. The van der Waals surface area contributed by atoms with Crippen molar-refractivity contribution in [1.29, 1.82) is 0 Å². The highest BCUT2D eigenvalue weighted by Gasteiger charge is 2.27. The predicted molar refractivity (Wildman–Crippen MR) is 80.4 cm³/mol. The maximum atomic E-state index is 10.1. The molecule has 0 amide bonds. The Morgan fingerprint density at radius 2 is 1.05 bits per heavy atom. The first-order valence-electron chi connectivity index (χ1n) is 6.31. The molecule has 2 rings (SSSR count). The first-order chi connectivity index (χ1) is 8.36.